The van der Waals surface area contributed by atoms with Crippen LogP contribution in [-0.4, -0.2) is 17.0 Å². The molecule has 128 valence electrons. The van der Waals surface area contributed by atoms with E-state index in [0.717, 1.165) is 47.0 Å². The van der Waals surface area contributed by atoms with E-state index < -0.39 is 11.9 Å². The molecule has 0 aliphatic heterocycles. The number of hydrogen-bond donors (Lipinski definition) is 2. The third kappa shape index (κ3) is 2.17. The Morgan fingerprint density at radius 2 is 1.67 bits per heavy atom. The third-order valence-electron chi connectivity index (χ3n) is 6.68. The number of carbonyl (C=O) groups is 2. The van der Waals surface area contributed by atoms with Gasteiger partial charge in [-0.25, -0.2) is 0 Å². The smallest absolute Gasteiger partial charge is 0.307 e. The number of nitrogens with one attached hydrogen (secondary N) is 1. The Morgan fingerprint density at radius 1 is 1.12 bits per heavy atom. The Balaban J connectivity index is 1.64. The van der Waals surface area contributed by atoms with Crippen molar-refractivity contribution < 1.29 is 14.7 Å². The molecule has 0 aromatic heterocycles. The minimum absolute atomic E-state index is 0.102. The van der Waals surface area contributed by atoms with E-state index in [2.05, 4.69) is 21.2 Å². The van der Waals surface area contributed by atoms with Gasteiger partial charge in [-0.1, -0.05) is 15.9 Å². The first-order valence-corrected chi connectivity index (χ1v) is 9.45. The SMILES string of the molecule is Cc1cc(Br)cc(C)c1NC(=O)C1C(C(=O)O)C2CCC1C21CC1. The van der Waals surface area contributed by atoms with Crippen LogP contribution in [0.1, 0.15) is 36.8 Å². The van der Waals surface area contributed by atoms with Gasteiger partial charge in [-0.15, -0.1) is 0 Å². The van der Waals surface area contributed by atoms with E-state index >= 15 is 0 Å². The largest absolute Gasteiger partial charge is 0.481 e. The number of carbonyl (C=O) groups excluding carboxylic acids is 1. The van der Waals surface area contributed by atoms with Crippen molar-refractivity contribution in [2.24, 2.45) is 29.1 Å². The molecule has 3 aliphatic rings. The van der Waals surface area contributed by atoms with Crippen molar-refractivity contribution >= 4 is 33.5 Å². The number of hydrogen-bond acceptors (Lipinski definition) is 2. The zero-order chi connectivity index (χ0) is 17.2. The first-order chi connectivity index (χ1) is 11.3. The van der Waals surface area contributed by atoms with E-state index in [1.54, 1.807) is 0 Å². The predicted octanol–water partition coefficient (Wildman–Crippen LogP) is 4.14. The number of aliphatic carboxylic acids is 1. The Labute approximate surface area is 150 Å². The van der Waals surface area contributed by atoms with Crippen LogP contribution in [0.25, 0.3) is 0 Å². The molecule has 24 heavy (non-hydrogen) atoms. The van der Waals surface area contributed by atoms with Crippen LogP contribution in [0, 0.1) is 42.9 Å². The monoisotopic (exact) mass is 391 g/mol. The van der Waals surface area contributed by atoms with Crippen molar-refractivity contribution in [3.63, 3.8) is 0 Å². The molecule has 1 spiro atoms. The molecular weight excluding hydrogens is 370 g/mol. The second-order valence-electron chi connectivity index (χ2n) is 7.82. The highest BCUT2D eigenvalue weighted by molar-refractivity contribution is 9.10. The number of amides is 1. The van der Waals surface area contributed by atoms with Crippen molar-refractivity contribution in [3.8, 4) is 0 Å². The van der Waals surface area contributed by atoms with E-state index in [0.29, 0.717) is 0 Å². The topological polar surface area (TPSA) is 66.4 Å². The van der Waals surface area contributed by atoms with Gasteiger partial charge in [-0.3, -0.25) is 9.59 Å². The van der Waals surface area contributed by atoms with E-state index in [4.69, 9.17) is 0 Å². The molecule has 5 heteroatoms. The highest BCUT2D eigenvalue weighted by atomic mass is 79.9. The van der Waals surface area contributed by atoms with Crippen LogP contribution in [0.4, 0.5) is 5.69 Å². The van der Waals surface area contributed by atoms with E-state index in [-0.39, 0.29) is 29.1 Å². The standard InChI is InChI=1S/C19H22BrNO3/c1-9-7-11(20)8-10(2)16(9)21-17(22)14-12-3-4-13(15(14)18(23)24)19(12)5-6-19/h7-8,12-15H,3-6H2,1-2H3,(H,21,22)(H,23,24). The van der Waals surface area contributed by atoms with Crippen LogP contribution in [0.3, 0.4) is 0 Å². The molecule has 4 rings (SSSR count). The third-order valence-corrected chi connectivity index (χ3v) is 7.14. The summed E-state index contributed by atoms with van der Waals surface area (Å²) in [6.45, 7) is 3.93. The number of anilines is 1. The van der Waals surface area contributed by atoms with Gasteiger partial charge in [-0.05, 0) is 80.0 Å². The maximum Gasteiger partial charge on any atom is 0.307 e. The molecule has 2 bridgehead atoms. The summed E-state index contributed by atoms with van der Waals surface area (Å²) in [5.41, 5.74) is 2.97. The first kappa shape index (κ1) is 16.1. The number of benzene rings is 1. The minimum atomic E-state index is -0.794. The summed E-state index contributed by atoms with van der Waals surface area (Å²) in [4.78, 5) is 24.9. The molecule has 3 aliphatic carbocycles. The van der Waals surface area contributed by atoms with Gasteiger partial charge in [0.05, 0.1) is 11.8 Å². The zero-order valence-corrected chi connectivity index (χ0v) is 15.5. The molecule has 3 saturated carbocycles. The lowest BCUT2D eigenvalue weighted by molar-refractivity contribution is -0.148. The van der Waals surface area contributed by atoms with Crippen LogP contribution in [0.15, 0.2) is 16.6 Å². The molecule has 1 amide bonds. The molecule has 2 N–H and O–H groups in total. The molecule has 1 aromatic carbocycles. The molecule has 4 unspecified atom stereocenters. The van der Waals surface area contributed by atoms with Crippen molar-refractivity contribution in [2.75, 3.05) is 5.32 Å². The lowest BCUT2D eigenvalue weighted by Crippen LogP contribution is -2.38. The van der Waals surface area contributed by atoms with Crippen molar-refractivity contribution in [1.29, 1.82) is 0 Å². The Bertz CT molecular complexity index is 717. The van der Waals surface area contributed by atoms with Gasteiger partial charge < -0.3 is 10.4 Å². The fourth-order valence-electron chi connectivity index (χ4n) is 5.66. The normalized spacial score (nSPS) is 32.1. The maximum atomic E-state index is 13.0. The quantitative estimate of drug-likeness (QED) is 0.813. The molecule has 0 heterocycles. The van der Waals surface area contributed by atoms with Crippen LogP contribution < -0.4 is 5.32 Å². The van der Waals surface area contributed by atoms with Gasteiger partial charge in [0, 0.05) is 10.2 Å². The van der Waals surface area contributed by atoms with Gasteiger partial charge >= 0.3 is 5.97 Å². The highest BCUT2D eigenvalue weighted by Crippen LogP contribution is 2.74. The van der Waals surface area contributed by atoms with Crippen LogP contribution in [-0.2, 0) is 9.59 Å². The van der Waals surface area contributed by atoms with Crippen LogP contribution in [0.5, 0.6) is 0 Å². The molecule has 4 nitrogen and oxygen atoms in total. The first-order valence-electron chi connectivity index (χ1n) is 8.65. The summed E-state index contributed by atoms with van der Waals surface area (Å²) in [6.07, 6.45) is 4.19. The van der Waals surface area contributed by atoms with Crippen molar-refractivity contribution in [2.45, 2.75) is 39.5 Å². The molecule has 3 fully saturated rings. The Kier molecular flexibility index (Phi) is 3.57. The number of aryl methyl sites for hydroxylation is 2. The predicted molar refractivity (Wildman–Crippen MR) is 94.7 cm³/mol. The average molecular weight is 392 g/mol. The molecule has 0 saturated heterocycles. The molecular formula is C19H22BrNO3. The number of carboxylic acid groups (broad SMARTS) is 1. The van der Waals surface area contributed by atoms with Crippen LogP contribution in [0.2, 0.25) is 0 Å². The fraction of sp³-hybridized carbons (Fsp3) is 0.579. The summed E-state index contributed by atoms with van der Waals surface area (Å²) in [7, 11) is 0. The lowest BCUT2D eigenvalue weighted by Gasteiger charge is -2.27. The summed E-state index contributed by atoms with van der Waals surface area (Å²) < 4.78 is 0.982. The number of carboxylic acids is 1. The van der Waals surface area contributed by atoms with E-state index in [1.165, 1.54) is 0 Å². The number of rotatable bonds is 3. The van der Waals surface area contributed by atoms with E-state index in [9.17, 15) is 14.7 Å². The molecule has 4 atom stereocenters. The summed E-state index contributed by atoms with van der Waals surface area (Å²) >= 11 is 3.47. The van der Waals surface area contributed by atoms with Crippen molar-refractivity contribution in [3.05, 3.63) is 27.7 Å². The van der Waals surface area contributed by atoms with Crippen molar-refractivity contribution in [1.82, 2.24) is 0 Å². The molecule has 1 aromatic rings. The van der Waals surface area contributed by atoms with Gasteiger partial charge in [0.2, 0.25) is 5.91 Å². The van der Waals surface area contributed by atoms with E-state index in [1.807, 2.05) is 26.0 Å². The average Bonchev–Trinajstić information content (AvgIpc) is 3.16. The summed E-state index contributed by atoms with van der Waals surface area (Å²) in [6, 6.07) is 3.95. The summed E-state index contributed by atoms with van der Waals surface area (Å²) in [5, 5.41) is 12.8. The molecule has 0 radical (unpaired) electrons. The fourth-order valence-corrected chi connectivity index (χ4v) is 6.34. The zero-order valence-electron chi connectivity index (χ0n) is 13.9. The number of halogens is 1. The van der Waals surface area contributed by atoms with Gasteiger partial charge in [0.1, 0.15) is 0 Å². The second kappa shape index (κ2) is 5.32. The Hall–Kier alpha value is -1.36. The van der Waals surface area contributed by atoms with Gasteiger partial charge in [0.15, 0.2) is 0 Å². The van der Waals surface area contributed by atoms with Gasteiger partial charge in [0.25, 0.3) is 0 Å². The van der Waals surface area contributed by atoms with Crippen LogP contribution >= 0.6 is 15.9 Å². The minimum Gasteiger partial charge on any atom is -0.481 e. The Morgan fingerprint density at radius 3 is 2.17 bits per heavy atom. The summed E-state index contributed by atoms with van der Waals surface area (Å²) in [5.74, 6) is -1.34. The maximum absolute atomic E-state index is 13.0. The second-order valence-corrected chi connectivity index (χ2v) is 8.73. The van der Waals surface area contributed by atoms with Gasteiger partial charge in [-0.2, -0.15) is 0 Å². The highest BCUT2D eigenvalue weighted by Gasteiger charge is 2.71. The lowest BCUT2D eigenvalue weighted by atomic mass is 9.78.